The molecule has 0 spiro atoms. The third kappa shape index (κ3) is 2.45. The lowest BCUT2D eigenvalue weighted by molar-refractivity contribution is -0.123. The van der Waals surface area contributed by atoms with Crippen molar-refractivity contribution in [1.82, 2.24) is 0 Å². The average molecular weight is 205 g/mol. The van der Waals surface area contributed by atoms with Crippen LogP contribution in [-0.2, 0) is 4.79 Å². The van der Waals surface area contributed by atoms with Gasteiger partial charge in [-0.15, -0.1) is 0 Å². The molecule has 1 atom stereocenters. The van der Waals surface area contributed by atoms with Crippen molar-refractivity contribution in [2.45, 2.75) is 20.8 Å². The summed E-state index contributed by atoms with van der Waals surface area (Å²) in [7, 11) is 0. The first-order chi connectivity index (χ1) is 5.34. The Morgan fingerprint density at radius 3 is 2.17 bits per heavy atom. The lowest BCUT2D eigenvalue weighted by Gasteiger charge is -2.30. The van der Waals surface area contributed by atoms with Crippen LogP contribution in [0.3, 0.4) is 0 Å². The fourth-order valence-electron chi connectivity index (χ4n) is 0.919. The molecule has 0 rings (SSSR count). The molecule has 0 aromatic heterocycles. The third-order valence-electron chi connectivity index (χ3n) is 2.30. The van der Waals surface area contributed by atoms with Crippen molar-refractivity contribution in [1.29, 1.82) is 0 Å². The molecule has 2 N–H and O–H groups in total. The summed E-state index contributed by atoms with van der Waals surface area (Å²) in [6.07, 6.45) is 0. The van der Waals surface area contributed by atoms with Crippen LogP contribution < -0.4 is 5.73 Å². The standard InChI is InChI=1S/C8H15NOS2/c1-5(12)8(2,3)6(4-11)7(9)10/h6,11H,4H2,1-3H3,(H2,9,10). The largest absolute Gasteiger partial charge is 0.369 e. The van der Waals surface area contributed by atoms with Crippen molar-refractivity contribution in [3.8, 4) is 0 Å². The van der Waals surface area contributed by atoms with Crippen LogP contribution in [-0.4, -0.2) is 16.5 Å². The number of hydrogen-bond acceptors (Lipinski definition) is 3. The highest BCUT2D eigenvalue weighted by Crippen LogP contribution is 2.29. The van der Waals surface area contributed by atoms with Crippen molar-refractivity contribution in [2.75, 3.05) is 5.75 Å². The van der Waals surface area contributed by atoms with E-state index in [2.05, 4.69) is 12.6 Å². The summed E-state index contributed by atoms with van der Waals surface area (Å²) in [5.74, 6) is -0.173. The van der Waals surface area contributed by atoms with Gasteiger partial charge in [-0.1, -0.05) is 26.1 Å². The van der Waals surface area contributed by atoms with E-state index >= 15 is 0 Å². The van der Waals surface area contributed by atoms with E-state index in [0.717, 1.165) is 4.86 Å². The lowest BCUT2D eigenvalue weighted by Crippen LogP contribution is -2.40. The van der Waals surface area contributed by atoms with Crippen molar-refractivity contribution < 1.29 is 4.79 Å². The number of amides is 1. The van der Waals surface area contributed by atoms with E-state index in [1.54, 1.807) is 0 Å². The van der Waals surface area contributed by atoms with Gasteiger partial charge >= 0.3 is 0 Å². The number of carbonyl (C=O) groups is 1. The molecular formula is C8H15NOS2. The van der Waals surface area contributed by atoms with E-state index in [-0.39, 0.29) is 17.2 Å². The van der Waals surface area contributed by atoms with E-state index in [1.165, 1.54) is 0 Å². The molecular weight excluding hydrogens is 190 g/mol. The lowest BCUT2D eigenvalue weighted by atomic mass is 9.77. The number of nitrogens with two attached hydrogens (primary N) is 1. The molecule has 1 unspecified atom stereocenters. The number of thiocarbonyl (C=S) groups is 1. The Labute approximate surface area is 84.3 Å². The van der Waals surface area contributed by atoms with Gasteiger partial charge in [0.25, 0.3) is 0 Å². The van der Waals surface area contributed by atoms with Crippen molar-refractivity contribution in [3.63, 3.8) is 0 Å². The Kier molecular flexibility index (Phi) is 4.20. The number of thiol groups is 1. The van der Waals surface area contributed by atoms with Crippen LogP contribution in [0.15, 0.2) is 0 Å². The molecule has 0 radical (unpaired) electrons. The van der Waals surface area contributed by atoms with E-state index in [0.29, 0.717) is 5.75 Å². The van der Waals surface area contributed by atoms with Crippen molar-refractivity contribution in [2.24, 2.45) is 17.1 Å². The van der Waals surface area contributed by atoms with Crippen LogP contribution in [0.4, 0.5) is 0 Å². The quantitative estimate of drug-likeness (QED) is 0.538. The van der Waals surface area contributed by atoms with Gasteiger partial charge in [-0.05, 0) is 11.8 Å². The van der Waals surface area contributed by atoms with Gasteiger partial charge in [0.15, 0.2) is 0 Å². The molecule has 0 saturated carbocycles. The molecule has 70 valence electrons. The summed E-state index contributed by atoms with van der Waals surface area (Å²) in [5.41, 5.74) is 4.89. The molecule has 0 aliphatic rings. The van der Waals surface area contributed by atoms with E-state index < -0.39 is 0 Å². The van der Waals surface area contributed by atoms with E-state index in [9.17, 15) is 4.79 Å². The maximum Gasteiger partial charge on any atom is 0.222 e. The fourth-order valence-corrected chi connectivity index (χ4v) is 1.70. The number of rotatable bonds is 4. The topological polar surface area (TPSA) is 43.1 Å². The van der Waals surface area contributed by atoms with Gasteiger partial charge in [0.2, 0.25) is 5.91 Å². The molecule has 1 amide bonds. The highest BCUT2D eigenvalue weighted by Gasteiger charge is 2.34. The van der Waals surface area contributed by atoms with Gasteiger partial charge in [-0.25, -0.2) is 0 Å². The van der Waals surface area contributed by atoms with Crippen LogP contribution in [0.25, 0.3) is 0 Å². The molecule has 4 heteroatoms. The van der Waals surface area contributed by atoms with Gasteiger partial charge in [0.05, 0.1) is 5.92 Å². The van der Waals surface area contributed by atoms with Gasteiger partial charge < -0.3 is 5.73 Å². The average Bonchev–Trinajstić information content (AvgIpc) is 1.86. The molecule has 0 heterocycles. The maximum atomic E-state index is 11.0. The Morgan fingerprint density at radius 1 is 1.67 bits per heavy atom. The number of hydrogen-bond donors (Lipinski definition) is 2. The molecule has 0 aromatic rings. The zero-order chi connectivity index (χ0) is 9.94. The summed E-state index contributed by atoms with van der Waals surface area (Å²) >= 11 is 9.13. The highest BCUT2D eigenvalue weighted by molar-refractivity contribution is 7.80. The Morgan fingerprint density at radius 2 is 2.08 bits per heavy atom. The highest BCUT2D eigenvalue weighted by atomic mass is 32.1. The van der Waals surface area contributed by atoms with Crippen molar-refractivity contribution >= 4 is 35.6 Å². The predicted octanol–water partition coefficient (Wildman–Crippen LogP) is 1.43. The summed E-state index contributed by atoms with van der Waals surface area (Å²) < 4.78 is 0. The summed E-state index contributed by atoms with van der Waals surface area (Å²) in [5, 5.41) is 0. The first kappa shape index (κ1) is 11.9. The molecule has 0 fully saturated rings. The monoisotopic (exact) mass is 205 g/mol. The Balaban J connectivity index is 4.71. The minimum absolute atomic E-state index is 0.279. The normalized spacial score (nSPS) is 14.0. The summed E-state index contributed by atoms with van der Waals surface area (Å²) in [6.45, 7) is 5.66. The first-order valence-electron chi connectivity index (χ1n) is 3.75. The van der Waals surface area contributed by atoms with Gasteiger partial charge in [-0.3, -0.25) is 4.79 Å². The molecule has 0 bridgehead atoms. The maximum absolute atomic E-state index is 11.0. The zero-order valence-corrected chi connectivity index (χ0v) is 9.34. The second-order valence-electron chi connectivity index (χ2n) is 3.42. The molecule has 0 aliphatic heterocycles. The SMILES string of the molecule is CC(=S)C(C)(C)C(CS)C(N)=O. The van der Waals surface area contributed by atoms with Crippen LogP contribution in [0, 0.1) is 11.3 Å². The molecule has 0 aliphatic carbocycles. The van der Waals surface area contributed by atoms with E-state index in [4.69, 9.17) is 18.0 Å². The Hall–Kier alpha value is -0.0900. The number of carbonyl (C=O) groups excluding carboxylic acids is 1. The van der Waals surface area contributed by atoms with Gasteiger partial charge in [-0.2, -0.15) is 12.6 Å². The van der Waals surface area contributed by atoms with E-state index in [1.807, 2.05) is 20.8 Å². The molecule has 0 saturated heterocycles. The smallest absolute Gasteiger partial charge is 0.222 e. The minimum Gasteiger partial charge on any atom is -0.369 e. The Bertz CT molecular complexity index is 201. The second kappa shape index (κ2) is 4.23. The van der Waals surface area contributed by atoms with Crippen molar-refractivity contribution in [3.05, 3.63) is 0 Å². The molecule has 2 nitrogen and oxygen atoms in total. The van der Waals surface area contributed by atoms with Gasteiger partial charge in [0.1, 0.15) is 0 Å². The third-order valence-corrected chi connectivity index (χ3v) is 3.20. The molecule has 12 heavy (non-hydrogen) atoms. The summed E-state index contributed by atoms with van der Waals surface area (Å²) in [6, 6.07) is 0. The van der Waals surface area contributed by atoms with Crippen LogP contribution in [0.2, 0.25) is 0 Å². The van der Waals surface area contributed by atoms with Gasteiger partial charge in [0, 0.05) is 11.2 Å². The van der Waals surface area contributed by atoms with Crippen LogP contribution >= 0.6 is 24.8 Å². The fraction of sp³-hybridized carbons (Fsp3) is 0.750. The van der Waals surface area contributed by atoms with Crippen LogP contribution in [0.1, 0.15) is 20.8 Å². The zero-order valence-electron chi connectivity index (χ0n) is 7.63. The van der Waals surface area contributed by atoms with Crippen LogP contribution in [0.5, 0.6) is 0 Å². The first-order valence-corrected chi connectivity index (χ1v) is 4.79. The molecule has 0 aromatic carbocycles. The summed E-state index contributed by atoms with van der Waals surface area (Å²) in [4.78, 5) is 11.8. The minimum atomic E-state index is -0.334. The predicted molar refractivity (Wildman–Crippen MR) is 58.6 cm³/mol. The number of primary amides is 1. The second-order valence-corrected chi connectivity index (χ2v) is 4.39.